The average Bonchev–Trinajstić information content (AvgIpc) is 2.67. The number of para-hydroxylation sites is 2. The summed E-state index contributed by atoms with van der Waals surface area (Å²) in [5.74, 6) is -0.366. The molecule has 0 aromatic heterocycles. The van der Waals surface area contributed by atoms with Crippen LogP contribution < -0.4 is 27.4 Å². The summed E-state index contributed by atoms with van der Waals surface area (Å²) in [7, 11) is 0.170. The highest BCUT2D eigenvalue weighted by Gasteiger charge is 2.37. The van der Waals surface area contributed by atoms with Crippen LogP contribution in [0.1, 0.15) is 0 Å². The van der Waals surface area contributed by atoms with Crippen molar-refractivity contribution >= 4 is 22.1 Å². The van der Waals surface area contributed by atoms with Gasteiger partial charge in [0.15, 0.2) is 17.2 Å². The van der Waals surface area contributed by atoms with Crippen molar-refractivity contribution in [2.45, 2.75) is 0 Å². The van der Waals surface area contributed by atoms with Gasteiger partial charge in [-0.05, 0) is 24.3 Å². The summed E-state index contributed by atoms with van der Waals surface area (Å²) in [6.45, 7) is 0. The molecule has 0 saturated heterocycles. The lowest BCUT2D eigenvalue weighted by Gasteiger charge is -2.23. The third kappa shape index (κ3) is 3.98. The smallest absolute Gasteiger partial charge is 0.428 e. The lowest BCUT2D eigenvalue weighted by molar-refractivity contribution is 0.205. The van der Waals surface area contributed by atoms with Crippen LogP contribution in [0.15, 0.2) is 36.4 Å². The van der Waals surface area contributed by atoms with E-state index in [1.807, 2.05) is 0 Å². The Hall–Kier alpha value is -3.34. The van der Waals surface area contributed by atoms with Crippen LogP contribution in [0.4, 0.5) is 10.5 Å². The highest BCUT2D eigenvalue weighted by atomic mass is 32.2. The van der Waals surface area contributed by atoms with Crippen LogP contribution >= 0.6 is 0 Å². The summed E-state index contributed by atoms with van der Waals surface area (Å²) in [6.07, 6.45) is -1.84. The minimum absolute atomic E-state index is 0.0105. The highest BCUT2D eigenvalue weighted by molar-refractivity contribution is 7.89. The fraction of sp³-hybridized carbons (Fsp3) is 0.235. The van der Waals surface area contributed by atoms with Crippen LogP contribution in [0.25, 0.3) is 0 Å². The maximum atomic E-state index is 12.9. The predicted octanol–water partition coefficient (Wildman–Crippen LogP) is 2.53. The molecule has 0 bridgehead atoms. The van der Waals surface area contributed by atoms with Crippen LogP contribution in [0.3, 0.4) is 0 Å². The summed E-state index contributed by atoms with van der Waals surface area (Å²) in [5.41, 5.74) is -0.367. The lowest BCUT2D eigenvalue weighted by atomic mass is 10.2. The number of carbonyl (C=O) groups is 1. The van der Waals surface area contributed by atoms with Gasteiger partial charge in [0.25, 0.3) is 0 Å². The van der Waals surface area contributed by atoms with Crippen molar-refractivity contribution in [1.29, 1.82) is 0 Å². The van der Waals surface area contributed by atoms with Gasteiger partial charge in [-0.15, -0.1) is 4.31 Å². The largest absolute Gasteiger partial charge is 0.494 e. The van der Waals surface area contributed by atoms with Gasteiger partial charge in [0.05, 0.1) is 28.4 Å². The van der Waals surface area contributed by atoms with Crippen molar-refractivity contribution in [3.63, 3.8) is 0 Å². The molecule has 0 unspecified atom stereocenters. The molecule has 0 spiro atoms. The second kappa shape index (κ2) is 8.57. The zero-order valence-corrected chi connectivity index (χ0v) is 16.3. The Labute approximate surface area is 162 Å². The molecule has 0 heterocycles. The molecule has 28 heavy (non-hydrogen) atoms. The van der Waals surface area contributed by atoms with Gasteiger partial charge in [0.2, 0.25) is 5.75 Å². The van der Waals surface area contributed by atoms with Crippen LogP contribution in [0, 0.1) is 0 Å². The molecule has 1 N–H and O–H groups in total. The molecule has 152 valence electrons. The topological polar surface area (TPSA) is 121 Å². The molecule has 11 heteroatoms. The van der Waals surface area contributed by atoms with E-state index in [0.717, 1.165) is 0 Å². The molecule has 10 nitrogen and oxygen atoms in total. The number of nitrogens with zero attached hydrogens (tertiary/aromatic N) is 1. The van der Waals surface area contributed by atoms with E-state index >= 15 is 0 Å². The maximum absolute atomic E-state index is 12.9. The highest BCUT2D eigenvalue weighted by Crippen LogP contribution is 2.42. The van der Waals surface area contributed by atoms with Gasteiger partial charge in [-0.1, -0.05) is 12.1 Å². The molecule has 2 aromatic carbocycles. The van der Waals surface area contributed by atoms with Crippen LogP contribution in [0.2, 0.25) is 0 Å². The maximum Gasteiger partial charge on any atom is 0.428 e. The first-order chi connectivity index (χ1) is 13.3. The third-order valence-corrected chi connectivity index (χ3v) is 4.74. The van der Waals surface area contributed by atoms with E-state index < -0.39 is 16.4 Å². The number of methoxy groups -OCH3 is 4. The SMILES string of the molecule is COc1cccc(OC)c1OS(=O)(=O)N(C(=O)O)c1c(OC)cccc1OC. The Balaban J connectivity index is 2.65. The quantitative estimate of drug-likeness (QED) is 0.696. The van der Waals surface area contributed by atoms with Crippen molar-refractivity contribution < 1.29 is 41.4 Å². The van der Waals surface area contributed by atoms with Gasteiger partial charge in [0, 0.05) is 0 Å². The number of amides is 1. The lowest BCUT2D eigenvalue weighted by Crippen LogP contribution is -2.39. The molecule has 0 atom stereocenters. The van der Waals surface area contributed by atoms with E-state index in [-0.39, 0.29) is 38.7 Å². The first-order valence-electron chi connectivity index (χ1n) is 7.70. The normalized spacial score (nSPS) is 10.7. The summed E-state index contributed by atoms with van der Waals surface area (Å²) >= 11 is 0. The standard InChI is InChI=1S/C17H19NO9S/c1-23-11-7-5-8-12(24-2)15(11)18(17(19)20)28(21,22)27-16-13(25-3)9-6-10-14(16)26-4/h5-10H,1-4H3,(H,19,20). The average molecular weight is 413 g/mol. The minimum atomic E-state index is -4.94. The van der Waals surface area contributed by atoms with Crippen molar-refractivity contribution in [3.05, 3.63) is 36.4 Å². The zero-order valence-electron chi connectivity index (χ0n) is 15.5. The Bertz CT molecular complexity index is 915. The fourth-order valence-electron chi connectivity index (χ4n) is 2.38. The van der Waals surface area contributed by atoms with Crippen molar-refractivity contribution in [3.8, 4) is 28.7 Å². The molecule has 1 amide bonds. The molecule has 0 aliphatic rings. The Morgan fingerprint density at radius 2 is 1.21 bits per heavy atom. The number of hydrogen-bond acceptors (Lipinski definition) is 8. The van der Waals surface area contributed by atoms with Crippen LogP contribution in [-0.2, 0) is 10.3 Å². The first kappa shape index (κ1) is 21.0. The Kier molecular flexibility index (Phi) is 6.41. The van der Waals surface area contributed by atoms with E-state index in [1.54, 1.807) is 6.07 Å². The minimum Gasteiger partial charge on any atom is -0.494 e. The van der Waals surface area contributed by atoms with E-state index in [0.29, 0.717) is 0 Å². The number of carboxylic acid groups (broad SMARTS) is 1. The third-order valence-electron chi connectivity index (χ3n) is 3.57. The molecule has 0 fully saturated rings. The molecule has 2 aromatic rings. The van der Waals surface area contributed by atoms with Crippen LogP contribution in [-0.4, -0.2) is 48.1 Å². The summed E-state index contributed by atoms with van der Waals surface area (Å²) in [6, 6.07) is 8.69. The Morgan fingerprint density at radius 3 is 1.57 bits per heavy atom. The van der Waals surface area contributed by atoms with E-state index in [2.05, 4.69) is 0 Å². The molecule has 2 rings (SSSR count). The fourth-order valence-corrected chi connectivity index (χ4v) is 3.42. The van der Waals surface area contributed by atoms with Gasteiger partial charge < -0.3 is 28.2 Å². The molecule has 0 aliphatic carbocycles. The van der Waals surface area contributed by atoms with E-state index in [1.165, 1.54) is 58.8 Å². The van der Waals surface area contributed by atoms with Crippen molar-refractivity contribution in [2.75, 3.05) is 32.7 Å². The molecular formula is C17H19NO9S. The van der Waals surface area contributed by atoms with Crippen LogP contribution in [0.5, 0.6) is 28.7 Å². The van der Waals surface area contributed by atoms with Gasteiger partial charge in [-0.2, -0.15) is 8.42 Å². The number of benzene rings is 2. The number of anilines is 1. The van der Waals surface area contributed by atoms with Gasteiger partial charge in [0.1, 0.15) is 11.5 Å². The zero-order chi connectivity index (χ0) is 20.9. The van der Waals surface area contributed by atoms with Gasteiger partial charge in [-0.3, -0.25) is 0 Å². The molecule has 0 saturated carbocycles. The summed E-state index contributed by atoms with van der Waals surface area (Å²) < 4.78 is 51.3. The first-order valence-corrected chi connectivity index (χ1v) is 9.06. The number of ether oxygens (including phenoxy) is 4. The molecule has 0 aliphatic heterocycles. The number of hydrogen-bond donors (Lipinski definition) is 1. The van der Waals surface area contributed by atoms with Gasteiger partial charge in [-0.25, -0.2) is 4.79 Å². The van der Waals surface area contributed by atoms with E-state index in [4.69, 9.17) is 23.1 Å². The molecular weight excluding hydrogens is 394 g/mol. The monoisotopic (exact) mass is 413 g/mol. The van der Waals surface area contributed by atoms with E-state index in [9.17, 15) is 18.3 Å². The second-order valence-corrected chi connectivity index (χ2v) is 6.48. The predicted molar refractivity (Wildman–Crippen MR) is 99.1 cm³/mol. The van der Waals surface area contributed by atoms with Crippen molar-refractivity contribution in [1.82, 2.24) is 0 Å². The second-order valence-electron chi connectivity index (χ2n) is 5.09. The van der Waals surface area contributed by atoms with Crippen molar-refractivity contribution in [2.24, 2.45) is 0 Å². The summed E-state index contributed by atoms with van der Waals surface area (Å²) in [4.78, 5) is 11.9. The number of rotatable bonds is 8. The molecule has 0 radical (unpaired) electrons. The summed E-state index contributed by atoms with van der Waals surface area (Å²) in [5, 5.41) is 9.63. The van der Waals surface area contributed by atoms with Gasteiger partial charge >= 0.3 is 16.4 Å². The Morgan fingerprint density at radius 1 is 0.821 bits per heavy atom.